The second kappa shape index (κ2) is 7.88. The van der Waals surface area contributed by atoms with Crippen molar-refractivity contribution in [3.63, 3.8) is 0 Å². The molecule has 3 heterocycles. The molecule has 1 fully saturated rings. The number of nitrogens with zero attached hydrogens (tertiary/aromatic N) is 2. The molecule has 2 aliphatic heterocycles. The molecule has 2 atom stereocenters. The molecule has 1 saturated heterocycles. The summed E-state index contributed by atoms with van der Waals surface area (Å²) in [6, 6.07) is 12.4. The van der Waals surface area contributed by atoms with Gasteiger partial charge in [0.15, 0.2) is 0 Å². The number of pyridine rings is 1. The number of hydrogen-bond acceptors (Lipinski definition) is 4. The molecule has 1 aliphatic carbocycles. The zero-order valence-electron chi connectivity index (χ0n) is 16.6. The summed E-state index contributed by atoms with van der Waals surface area (Å²) in [7, 11) is 0. The van der Waals surface area contributed by atoms with Crippen molar-refractivity contribution in [3.05, 3.63) is 71.4 Å². The van der Waals surface area contributed by atoms with Gasteiger partial charge in [0.25, 0.3) is 5.91 Å². The number of carbonyl (C=O) groups is 2. The van der Waals surface area contributed by atoms with Gasteiger partial charge in [0.05, 0.1) is 6.61 Å². The molecule has 1 aromatic carbocycles. The average Bonchev–Trinajstić information content (AvgIpc) is 3.28. The largest absolute Gasteiger partial charge is 0.367 e. The molecule has 6 nitrogen and oxygen atoms in total. The smallest absolute Gasteiger partial charge is 0.251 e. The Morgan fingerprint density at radius 3 is 2.90 bits per heavy atom. The molecule has 0 spiro atoms. The predicted molar refractivity (Wildman–Crippen MR) is 114 cm³/mol. The van der Waals surface area contributed by atoms with Crippen LogP contribution in [0.4, 0.5) is 5.82 Å². The molecule has 2 aromatic rings. The van der Waals surface area contributed by atoms with E-state index < -0.39 is 0 Å². The molecule has 5 rings (SSSR count). The van der Waals surface area contributed by atoms with E-state index in [1.54, 1.807) is 18.3 Å². The van der Waals surface area contributed by atoms with Crippen LogP contribution in [0.5, 0.6) is 0 Å². The van der Waals surface area contributed by atoms with Crippen molar-refractivity contribution in [2.75, 3.05) is 25.0 Å². The van der Waals surface area contributed by atoms with Gasteiger partial charge in [0.1, 0.15) is 12.4 Å². The third kappa shape index (κ3) is 3.78. The lowest BCUT2D eigenvalue weighted by Gasteiger charge is -2.15. The highest BCUT2D eigenvalue weighted by atomic mass is 16.5. The number of rotatable bonds is 3. The Kier molecular flexibility index (Phi) is 4.93. The fraction of sp³-hybridized carbons (Fsp3) is 0.292. The van der Waals surface area contributed by atoms with Gasteiger partial charge in [-0.15, -0.1) is 0 Å². The number of allylic oxidation sites excluding steroid dienone is 1. The number of likely N-dealkylation sites (tertiary alicyclic amines) is 1. The molecule has 0 saturated carbocycles. The maximum Gasteiger partial charge on any atom is 0.251 e. The van der Waals surface area contributed by atoms with Crippen molar-refractivity contribution in [1.29, 1.82) is 0 Å². The number of aromatic nitrogens is 1. The SMILES string of the molecule is O=C1COCc2cc(C=CC(=O)N3C[C@H]4CC(c5ccccc5)=C[C@H]4C3)cnc2N1. The molecular formula is C24H23N3O3. The van der Waals surface area contributed by atoms with Gasteiger partial charge in [0.2, 0.25) is 5.91 Å². The van der Waals surface area contributed by atoms with Crippen LogP contribution >= 0.6 is 0 Å². The number of ether oxygens (including phenoxy) is 1. The van der Waals surface area contributed by atoms with Crippen LogP contribution in [-0.4, -0.2) is 41.4 Å². The van der Waals surface area contributed by atoms with Crippen LogP contribution in [0.3, 0.4) is 0 Å². The van der Waals surface area contributed by atoms with E-state index in [0.29, 0.717) is 24.3 Å². The molecule has 3 aliphatic rings. The lowest BCUT2D eigenvalue weighted by Crippen LogP contribution is -2.27. The fourth-order valence-electron chi connectivity index (χ4n) is 4.49. The topological polar surface area (TPSA) is 71.5 Å². The van der Waals surface area contributed by atoms with Gasteiger partial charge >= 0.3 is 0 Å². The van der Waals surface area contributed by atoms with Crippen molar-refractivity contribution in [3.8, 4) is 0 Å². The Balaban J connectivity index is 1.23. The Hall–Kier alpha value is -3.25. The van der Waals surface area contributed by atoms with E-state index in [0.717, 1.165) is 30.6 Å². The van der Waals surface area contributed by atoms with Crippen LogP contribution in [0.1, 0.15) is 23.1 Å². The summed E-state index contributed by atoms with van der Waals surface area (Å²) >= 11 is 0. The summed E-state index contributed by atoms with van der Waals surface area (Å²) in [6.45, 7) is 1.91. The minimum Gasteiger partial charge on any atom is -0.367 e. The number of nitrogens with one attached hydrogen (secondary N) is 1. The van der Waals surface area contributed by atoms with Gasteiger partial charge < -0.3 is 15.0 Å². The average molecular weight is 401 g/mol. The Labute approximate surface area is 175 Å². The van der Waals surface area contributed by atoms with E-state index in [1.165, 1.54) is 11.1 Å². The van der Waals surface area contributed by atoms with Crippen molar-refractivity contribution in [2.24, 2.45) is 11.8 Å². The minimum absolute atomic E-state index is 0.0255. The molecule has 30 heavy (non-hydrogen) atoms. The van der Waals surface area contributed by atoms with Crippen LogP contribution in [0.25, 0.3) is 11.6 Å². The molecule has 1 aromatic heterocycles. The second-order valence-electron chi connectivity index (χ2n) is 8.08. The lowest BCUT2D eigenvalue weighted by molar-refractivity contribution is -0.125. The van der Waals surface area contributed by atoms with Gasteiger partial charge in [-0.25, -0.2) is 4.98 Å². The fourth-order valence-corrected chi connectivity index (χ4v) is 4.49. The third-order valence-electron chi connectivity index (χ3n) is 6.00. The van der Waals surface area contributed by atoms with Crippen molar-refractivity contribution in [2.45, 2.75) is 13.0 Å². The zero-order valence-corrected chi connectivity index (χ0v) is 16.6. The van der Waals surface area contributed by atoms with Gasteiger partial charge in [-0.3, -0.25) is 9.59 Å². The Bertz CT molecular complexity index is 1040. The summed E-state index contributed by atoms with van der Waals surface area (Å²) in [5.41, 5.74) is 4.32. The summed E-state index contributed by atoms with van der Waals surface area (Å²) in [6.07, 6.45) is 8.43. The Morgan fingerprint density at radius 1 is 1.20 bits per heavy atom. The maximum absolute atomic E-state index is 12.7. The van der Waals surface area contributed by atoms with Crippen molar-refractivity contribution < 1.29 is 14.3 Å². The van der Waals surface area contributed by atoms with Crippen LogP contribution in [0, 0.1) is 11.8 Å². The highest BCUT2D eigenvalue weighted by molar-refractivity contribution is 5.93. The predicted octanol–water partition coefficient (Wildman–Crippen LogP) is 3.13. The second-order valence-corrected chi connectivity index (χ2v) is 8.08. The summed E-state index contributed by atoms with van der Waals surface area (Å²) in [4.78, 5) is 30.5. The minimum atomic E-state index is -0.205. The number of fused-ring (bicyclic) bond motifs is 2. The van der Waals surface area contributed by atoms with Crippen LogP contribution in [0.15, 0.2) is 54.7 Å². The number of hydrogen-bond donors (Lipinski definition) is 1. The third-order valence-corrected chi connectivity index (χ3v) is 6.00. The van der Waals surface area contributed by atoms with Crippen LogP contribution in [0.2, 0.25) is 0 Å². The molecule has 0 bridgehead atoms. The normalized spacial score (nSPS) is 23.0. The number of carbonyl (C=O) groups excluding carboxylic acids is 2. The van der Waals surface area contributed by atoms with Crippen molar-refractivity contribution >= 4 is 29.3 Å². The molecule has 1 N–H and O–H groups in total. The molecule has 0 unspecified atom stereocenters. The van der Waals surface area contributed by atoms with Crippen LogP contribution < -0.4 is 5.32 Å². The van der Waals surface area contributed by atoms with Gasteiger partial charge in [-0.05, 0) is 47.1 Å². The first-order valence-corrected chi connectivity index (χ1v) is 10.3. The van der Waals surface area contributed by atoms with Gasteiger partial charge in [-0.2, -0.15) is 0 Å². The van der Waals surface area contributed by atoms with E-state index >= 15 is 0 Å². The highest BCUT2D eigenvalue weighted by Crippen LogP contribution is 2.40. The van der Waals surface area contributed by atoms with Crippen LogP contribution in [-0.2, 0) is 20.9 Å². The van der Waals surface area contributed by atoms with E-state index in [9.17, 15) is 9.59 Å². The van der Waals surface area contributed by atoms with E-state index in [-0.39, 0.29) is 18.4 Å². The van der Waals surface area contributed by atoms with Crippen molar-refractivity contribution in [1.82, 2.24) is 9.88 Å². The first kappa shape index (κ1) is 18.8. The van der Waals surface area contributed by atoms with E-state index in [2.05, 4.69) is 40.6 Å². The molecule has 6 heteroatoms. The highest BCUT2D eigenvalue weighted by Gasteiger charge is 2.37. The first-order valence-electron chi connectivity index (χ1n) is 10.3. The molecule has 152 valence electrons. The summed E-state index contributed by atoms with van der Waals surface area (Å²) in [5.74, 6) is 1.29. The van der Waals surface area contributed by atoms with Gasteiger partial charge in [-0.1, -0.05) is 36.4 Å². The quantitative estimate of drug-likeness (QED) is 0.803. The standard InChI is InChI=1S/C24H23N3O3/c28-22-15-30-14-21-8-16(11-25-24(21)26-22)6-7-23(29)27-12-19-9-18(10-20(19)13-27)17-4-2-1-3-5-17/h1-9,11,19-20H,10,12-15H2,(H,25,26,28)/t19-,20+/m0/s1. The summed E-state index contributed by atoms with van der Waals surface area (Å²) < 4.78 is 5.32. The molecule has 0 radical (unpaired) electrons. The monoisotopic (exact) mass is 401 g/mol. The number of anilines is 1. The maximum atomic E-state index is 12.7. The van der Waals surface area contributed by atoms with E-state index in [4.69, 9.17) is 4.74 Å². The van der Waals surface area contributed by atoms with E-state index in [1.807, 2.05) is 17.0 Å². The Morgan fingerprint density at radius 2 is 2.07 bits per heavy atom. The number of amides is 2. The molecule has 2 amide bonds. The zero-order chi connectivity index (χ0) is 20.5. The lowest BCUT2D eigenvalue weighted by atomic mass is 9.98. The first-order chi connectivity index (χ1) is 14.7. The summed E-state index contributed by atoms with van der Waals surface area (Å²) in [5, 5.41) is 2.72. The number of benzene rings is 1. The molecular weight excluding hydrogens is 378 g/mol. The van der Waals surface area contributed by atoms with Gasteiger partial charge in [0, 0.05) is 30.9 Å².